The highest BCUT2D eigenvalue weighted by molar-refractivity contribution is 6.30. The Balaban J connectivity index is 1.84. The lowest BCUT2D eigenvalue weighted by Gasteiger charge is -2.25. The summed E-state index contributed by atoms with van der Waals surface area (Å²) in [5, 5.41) is 8.94. The summed E-state index contributed by atoms with van der Waals surface area (Å²) in [4.78, 5) is 13.0. The summed E-state index contributed by atoms with van der Waals surface area (Å²) >= 11 is 12.0. The third-order valence-corrected chi connectivity index (χ3v) is 4.65. The summed E-state index contributed by atoms with van der Waals surface area (Å²) < 4.78 is 4.78. The van der Waals surface area contributed by atoms with Gasteiger partial charge in [0.2, 0.25) is 11.3 Å². The van der Waals surface area contributed by atoms with Crippen molar-refractivity contribution in [1.29, 1.82) is 0 Å². The highest BCUT2D eigenvalue weighted by atomic mass is 35.5. The Labute approximate surface area is 165 Å². The monoisotopic (exact) mass is 400 g/mol. The Bertz CT molecular complexity index is 996. The van der Waals surface area contributed by atoms with E-state index >= 15 is 0 Å². The molecule has 7 nitrogen and oxygen atoms in total. The van der Waals surface area contributed by atoms with Crippen molar-refractivity contribution in [1.82, 2.24) is 20.3 Å². The first kappa shape index (κ1) is 17.5. The SMILES string of the molecule is CN(c1ccc(Cl)cc1)c1nc2nonc2nc1N(C)c1ccc(Cl)cc1. The molecule has 0 fully saturated rings. The molecule has 2 aromatic heterocycles. The molecule has 0 aliphatic rings. The number of halogens is 2. The smallest absolute Gasteiger partial charge is 0.245 e. The lowest BCUT2D eigenvalue weighted by atomic mass is 10.2. The van der Waals surface area contributed by atoms with Gasteiger partial charge < -0.3 is 9.80 Å². The van der Waals surface area contributed by atoms with E-state index in [4.69, 9.17) is 27.8 Å². The zero-order chi connectivity index (χ0) is 19.0. The van der Waals surface area contributed by atoms with E-state index in [2.05, 4.69) is 20.3 Å². The van der Waals surface area contributed by atoms with E-state index in [1.807, 2.05) is 72.4 Å². The van der Waals surface area contributed by atoms with Crippen molar-refractivity contribution in [2.24, 2.45) is 0 Å². The highest BCUT2D eigenvalue weighted by Gasteiger charge is 2.21. The molecule has 0 saturated heterocycles. The van der Waals surface area contributed by atoms with Gasteiger partial charge in [0, 0.05) is 35.5 Å². The fourth-order valence-corrected chi connectivity index (χ4v) is 2.90. The molecule has 0 unspecified atom stereocenters. The van der Waals surface area contributed by atoms with E-state index in [9.17, 15) is 0 Å². The Morgan fingerprint density at radius 2 is 1.04 bits per heavy atom. The third-order valence-electron chi connectivity index (χ3n) is 4.14. The van der Waals surface area contributed by atoms with E-state index in [0.29, 0.717) is 33.0 Å². The van der Waals surface area contributed by atoms with Crippen LogP contribution in [-0.4, -0.2) is 34.4 Å². The van der Waals surface area contributed by atoms with Gasteiger partial charge in [-0.3, -0.25) is 0 Å². The van der Waals surface area contributed by atoms with Gasteiger partial charge in [0.25, 0.3) is 0 Å². The first-order valence-corrected chi connectivity index (χ1v) is 8.77. The predicted molar refractivity (Wildman–Crippen MR) is 106 cm³/mol. The van der Waals surface area contributed by atoms with Gasteiger partial charge in [0.15, 0.2) is 11.6 Å². The second kappa shape index (κ2) is 7.02. The van der Waals surface area contributed by atoms with Crippen molar-refractivity contribution < 1.29 is 4.63 Å². The van der Waals surface area contributed by atoms with Gasteiger partial charge in [-0.25, -0.2) is 14.6 Å². The van der Waals surface area contributed by atoms with E-state index < -0.39 is 0 Å². The maximum Gasteiger partial charge on any atom is 0.245 e. The molecule has 0 aliphatic carbocycles. The lowest BCUT2D eigenvalue weighted by Crippen LogP contribution is -2.19. The van der Waals surface area contributed by atoms with Gasteiger partial charge in [-0.1, -0.05) is 23.2 Å². The number of hydrogen-bond donors (Lipinski definition) is 0. The molecule has 2 heterocycles. The molecule has 4 aromatic rings. The van der Waals surface area contributed by atoms with Crippen LogP contribution in [0, 0.1) is 0 Å². The topological polar surface area (TPSA) is 71.2 Å². The van der Waals surface area contributed by atoms with Crippen LogP contribution in [0.3, 0.4) is 0 Å². The molecular formula is C18H14Cl2N6O. The molecule has 0 atom stereocenters. The van der Waals surface area contributed by atoms with Crippen LogP contribution < -0.4 is 9.80 Å². The maximum atomic E-state index is 6.00. The van der Waals surface area contributed by atoms with Crippen LogP contribution in [0.1, 0.15) is 0 Å². The van der Waals surface area contributed by atoms with E-state index in [-0.39, 0.29) is 0 Å². The molecule has 9 heteroatoms. The van der Waals surface area contributed by atoms with Gasteiger partial charge in [0.1, 0.15) is 0 Å². The van der Waals surface area contributed by atoms with E-state index in [1.54, 1.807) is 0 Å². The van der Waals surface area contributed by atoms with Crippen molar-refractivity contribution in [3.8, 4) is 0 Å². The first-order chi connectivity index (χ1) is 13.0. The van der Waals surface area contributed by atoms with Crippen LogP contribution >= 0.6 is 23.2 Å². The summed E-state index contributed by atoms with van der Waals surface area (Å²) in [7, 11) is 3.79. The van der Waals surface area contributed by atoms with Gasteiger partial charge in [-0.05, 0) is 58.8 Å². The van der Waals surface area contributed by atoms with Gasteiger partial charge in [0.05, 0.1) is 0 Å². The molecule has 0 bridgehead atoms. The summed E-state index contributed by atoms with van der Waals surface area (Å²) in [6.45, 7) is 0. The fraction of sp³-hybridized carbons (Fsp3) is 0.111. The summed E-state index contributed by atoms with van der Waals surface area (Å²) in [6.07, 6.45) is 0. The minimum atomic E-state index is 0.332. The Hall–Kier alpha value is -2.90. The van der Waals surface area contributed by atoms with Crippen molar-refractivity contribution >= 4 is 57.5 Å². The first-order valence-electron chi connectivity index (χ1n) is 8.02. The number of rotatable bonds is 4. The summed E-state index contributed by atoms with van der Waals surface area (Å²) in [5.74, 6) is 1.19. The number of aromatic nitrogens is 4. The quantitative estimate of drug-likeness (QED) is 0.484. The van der Waals surface area contributed by atoms with Crippen LogP contribution in [0.2, 0.25) is 10.0 Å². The van der Waals surface area contributed by atoms with E-state index in [1.165, 1.54) is 0 Å². The second-order valence-corrected chi connectivity index (χ2v) is 6.73. The second-order valence-electron chi connectivity index (χ2n) is 5.85. The van der Waals surface area contributed by atoms with Crippen LogP contribution in [0.25, 0.3) is 11.3 Å². The zero-order valence-corrected chi connectivity index (χ0v) is 16.0. The molecule has 0 N–H and O–H groups in total. The molecule has 2 aromatic carbocycles. The van der Waals surface area contributed by atoms with Crippen molar-refractivity contribution in [3.63, 3.8) is 0 Å². The van der Waals surface area contributed by atoms with Gasteiger partial charge in [-0.15, -0.1) is 0 Å². The Morgan fingerprint density at radius 3 is 1.41 bits per heavy atom. The summed E-state index contributed by atoms with van der Waals surface area (Å²) in [5.41, 5.74) is 2.46. The maximum absolute atomic E-state index is 6.00. The molecule has 4 rings (SSSR count). The van der Waals surface area contributed by atoms with Gasteiger partial charge >= 0.3 is 0 Å². The van der Waals surface area contributed by atoms with Crippen molar-refractivity contribution in [2.75, 3.05) is 23.9 Å². The van der Waals surface area contributed by atoms with Crippen molar-refractivity contribution in [2.45, 2.75) is 0 Å². The lowest BCUT2D eigenvalue weighted by molar-refractivity contribution is 0.314. The minimum Gasteiger partial charge on any atom is -0.326 e. The largest absolute Gasteiger partial charge is 0.326 e. The molecule has 27 heavy (non-hydrogen) atoms. The number of benzene rings is 2. The Kier molecular flexibility index (Phi) is 4.55. The van der Waals surface area contributed by atoms with Crippen LogP contribution in [0.15, 0.2) is 53.2 Å². The Morgan fingerprint density at radius 1 is 0.667 bits per heavy atom. The molecular weight excluding hydrogens is 387 g/mol. The van der Waals surface area contributed by atoms with E-state index in [0.717, 1.165) is 11.4 Å². The molecule has 136 valence electrons. The predicted octanol–water partition coefficient (Wildman–Crippen LogP) is 4.86. The van der Waals surface area contributed by atoms with Crippen molar-refractivity contribution in [3.05, 3.63) is 58.6 Å². The molecule has 0 amide bonds. The molecule has 0 aliphatic heterocycles. The summed E-state index contributed by atoms with van der Waals surface area (Å²) in [6, 6.07) is 14.9. The fourth-order valence-electron chi connectivity index (χ4n) is 2.64. The number of hydrogen-bond acceptors (Lipinski definition) is 7. The zero-order valence-electron chi connectivity index (χ0n) is 14.5. The number of fused-ring (bicyclic) bond motifs is 1. The van der Waals surface area contributed by atoms with Crippen LogP contribution in [-0.2, 0) is 0 Å². The molecule has 0 saturated carbocycles. The molecule has 0 spiro atoms. The average molecular weight is 401 g/mol. The third kappa shape index (κ3) is 3.39. The van der Waals surface area contributed by atoms with Crippen LogP contribution in [0.5, 0.6) is 0 Å². The number of anilines is 4. The minimum absolute atomic E-state index is 0.332. The standard InChI is InChI=1S/C18H14Cl2N6O/c1-25(13-7-3-11(19)4-8-13)17-18(22-16-15(21-17)23-27-24-16)26(2)14-9-5-12(20)6-10-14/h3-10H,1-2H3. The number of nitrogens with zero attached hydrogens (tertiary/aromatic N) is 6. The highest BCUT2D eigenvalue weighted by Crippen LogP contribution is 2.34. The van der Waals surface area contributed by atoms with Gasteiger partial charge in [-0.2, -0.15) is 0 Å². The normalized spacial score (nSPS) is 11.0. The molecule has 0 radical (unpaired) electrons. The van der Waals surface area contributed by atoms with Crippen LogP contribution in [0.4, 0.5) is 23.0 Å². The average Bonchev–Trinajstić information content (AvgIpc) is 3.14.